The number of amidine groups is 1. The highest BCUT2D eigenvalue weighted by Crippen LogP contribution is 2.32. The van der Waals surface area contributed by atoms with Crippen molar-refractivity contribution < 1.29 is 9.21 Å². The van der Waals surface area contributed by atoms with Gasteiger partial charge in [0.05, 0.1) is 24.3 Å². The standard InChI is InChI=1S/C19H21N3O2S/c1-3-7-17-18(23)22(13-15-9-5-4-8-14(15)2)19(25-17)21-20-12-16-10-6-11-24-16/h4-6,8-12,17H,3,7,13H2,1-2H3/b20-12-,21-19-/t17-/m1/s1. The molecule has 1 aromatic carbocycles. The number of carbonyl (C=O) groups is 1. The molecule has 5 nitrogen and oxygen atoms in total. The van der Waals surface area contributed by atoms with Crippen LogP contribution in [0.15, 0.2) is 57.3 Å². The summed E-state index contributed by atoms with van der Waals surface area (Å²) in [4.78, 5) is 14.5. The van der Waals surface area contributed by atoms with Crippen LogP contribution < -0.4 is 0 Å². The smallest absolute Gasteiger partial charge is 0.242 e. The highest BCUT2D eigenvalue weighted by atomic mass is 32.2. The average molecular weight is 355 g/mol. The number of aryl methyl sites for hydroxylation is 1. The molecule has 1 atom stereocenters. The van der Waals surface area contributed by atoms with Gasteiger partial charge in [-0.1, -0.05) is 49.4 Å². The van der Waals surface area contributed by atoms with Crippen molar-refractivity contribution in [3.8, 4) is 0 Å². The van der Waals surface area contributed by atoms with Crippen molar-refractivity contribution in [3.05, 3.63) is 59.5 Å². The Hall–Kier alpha value is -2.34. The minimum atomic E-state index is -0.0772. The minimum absolute atomic E-state index is 0.0772. The summed E-state index contributed by atoms with van der Waals surface area (Å²) in [7, 11) is 0. The molecule has 0 bridgehead atoms. The molecule has 0 radical (unpaired) electrons. The average Bonchev–Trinajstić information content (AvgIpc) is 3.21. The molecule has 25 heavy (non-hydrogen) atoms. The van der Waals surface area contributed by atoms with E-state index in [4.69, 9.17) is 4.42 Å². The second kappa shape index (κ2) is 8.16. The van der Waals surface area contributed by atoms with Crippen molar-refractivity contribution in [1.29, 1.82) is 0 Å². The maximum Gasteiger partial charge on any atom is 0.242 e. The van der Waals surface area contributed by atoms with Crippen molar-refractivity contribution >= 4 is 29.1 Å². The highest BCUT2D eigenvalue weighted by Gasteiger charge is 2.37. The van der Waals surface area contributed by atoms with Crippen LogP contribution in [0.2, 0.25) is 0 Å². The van der Waals surface area contributed by atoms with Crippen molar-refractivity contribution in [2.24, 2.45) is 10.2 Å². The third-order valence-electron chi connectivity index (χ3n) is 4.03. The van der Waals surface area contributed by atoms with E-state index in [0.29, 0.717) is 17.5 Å². The molecule has 1 saturated heterocycles. The molecule has 1 aliphatic heterocycles. The number of hydrogen-bond acceptors (Lipinski definition) is 5. The van der Waals surface area contributed by atoms with Crippen molar-refractivity contribution in [3.63, 3.8) is 0 Å². The van der Waals surface area contributed by atoms with Crippen LogP contribution in [0.4, 0.5) is 0 Å². The van der Waals surface area contributed by atoms with Gasteiger partial charge in [-0.2, -0.15) is 5.10 Å². The van der Waals surface area contributed by atoms with Gasteiger partial charge < -0.3 is 4.42 Å². The molecule has 1 aromatic heterocycles. The number of furan rings is 1. The van der Waals surface area contributed by atoms with Gasteiger partial charge >= 0.3 is 0 Å². The molecule has 1 amide bonds. The zero-order chi connectivity index (χ0) is 17.6. The molecule has 0 saturated carbocycles. The van der Waals surface area contributed by atoms with E-state index >= 15 is 0 Å². The van der Waals surface area contributed by atoms with Crippen molar-refractivity contribution in [2.75, 3.05) is 0 Å². The molecular formula is C19H21N3O2S. The summed E-state index contributed by atoms with van der Waals surface area (Å²) in [5.74, 6) is 0.747. The summed E-state index contributed by atoms with van der Waals surface area (Å²) >= 11 is 1.50. The van der Waals surface area contributed by atoms with Gasteiger partial charge in [-0.15, -0.1) is 5.10 Å². The Morgan fingerprint density at radius 1 is 1.28 bits per heavy atom. The third kappa shape index (κ3) is 4.20. The lowest BCUT2D eigenvalue weighted by Gasteiger charge is -2.17. The molecule has 0 aliphatic carbocycles. The van der Waals surface area contributed by atoms with E-state index in [1.807, 2.05) is 24.3 Å². The highest BCUT2D eigenvalue weighted by molar-refractivity contribution is 8.15. The first-order chi connectivity index (χ1) is 12.2. The zero-order valence-corrected chi connectivity index (χ0v) is 15.2. The maximum absolute atomic E-state index is 12.8. The fourth-order valence-corrected chi connectivity index (χ4v) is 3.85. The maximum atomic E-state index is 12.8. The van der Waals surface area contributed by atoms with Crippen LogP contribution in [-0.2, 0) is 11.3 Å². The Morgan fingerprint density at radius 3 is 2.84 bits per heavy atom. The Kier molecular flexibility index (Phi) is 5.71. The van der Waals surface area contributed by atoms with E-state index in [9.17, 15) is 4.79 Å². The van der Waals surface area contributed by atoms with Crippen LogP contribution in [0.5, 0.6) is 0 Å². The molecule has 2 heterocycles. The monoisotopic (exact) mass is 355 g/mol. The Balaban J connectivity index is 1.82. The topological polar surface area (TPSA) is 58.2 Å². The number of benzene rings is 1. The third-order valence-corrected chi connectivity index (χ3v) is 5.27. The summed E-state index contributed by atoms with van der Waals surface area (Å²) in [5, 5.41) is 8.95. The van der Waals surface area contributed by atoms with E-state index in [-0.39, 0.29) is 11.2 Å². The summed E-state index contributed by atoms with van der Waals surface area (Å²) in [5.41, 5.74) is 2.29. The number of thioether (sulfide) groups is 1. The van der Waals surface area contributed by atoms with Crippen molar-refractivity contribution in [1.82, 2.24) is 4.90 Å². The lowest BCUT2D eigenvalue weighted by molar-refractivity contribution is -0.126. The van der Waals surface area contributed by atoms with Gasteiger partial charge in [-0.25, -0.2) is 0 Å². The van der Waals surface area contributed by atoms with Crippen LogP contribution in [-0.4, -0.2) is 27.4 Å². The van der Waals surface area contributed by atoms with E-state index in [0.717, 1.165) is 24.0 Å². The molecule has 1 fully saturated rings. The number of carbonyl (C=O) groups excluding carboxylic acids is 1. The number of nitrogens with zero attached hydrogens (tertiary/aromatic N) is 3. The van der Waals surface area contributed by atoms with Crippen LogP contribution >= 0.6 is 11.8 Å². The lowest BCUT2D eigenvalue weighted by Crippen LogP contribution is -2.31. The normalized spacial score (nSPS) is 19.4. The summed E-state index contributed by atoms with van der Waals surface area (Å²) < 4.78 is 5.21. The van der Waals surface area contributed by atoms with Gasteiger partial charge in [-0.05, 0) is 36.6 Å². The Morgan fingerprint density at radius 2 is 2.12 bits per heavy atom. The molecule has 2 aromatic rings. The first kappa shape index (κ1) is 17.5. The first-order valence-electron chi connectivity index (χ1n) is 8.36. The lowest BCUT2D eigenvalue weighted by atomic mass is 10.1. The quantitative estimate of drug-likeness (QED) is 0.576. The van der Waals surface area contributed by atoms with Gasteiger partial charge in [-0.3, -0.25) is 9.69 Å². The van der Waals surface area contributed by atoms with Crippen LogP contribution in [0.1, 0.15) is 36.7 Å². The second-order valence-electron chi connectivity index (χ2n) is 5.89. The predicted molar refractivity (Wildman–Crippen MR) is 102 cm³/mol. The summed E-state index contributed by atoms with van der Waals surface area (Å²) in [6, 6.07) is 11.7. The fourth-order valence-electron chi connectivity index (χ4n) is 2.63. The Labute approximate surface area is 151 Å². The Bertz CT molecular complexity index is 784. The number of hydrogen-bond donors (Lipinski definition) is 0. The summed E-state index contributed by atoms with van der Waals surface area (Å²) in [6.07, 6.45) is 4.94. The second-order valence-corrected chi connectivity index (χ2v) is 7.06. The predicted octanol–water partition coefficient (Wildman–Crippen LogP) is 4.22. The van der Waals surface area contributed by atoms with Crippen LogP contribution in [0.25, 0.3) is 0 Å². The fraction of sp³-hybridized carbons (Fsp3) is 0.316. The molecule has 6 heteroatoms. The molecule has 0 unspecified atom stereocenters. The molecule has 0 N–H and O–H groups in total. The van der Waals surface area contributed by atoms with Crippen LogP contribution in [0.3, 0.4) is 0 Å². The van der Waals surface area contributed by atoms with Gasteiger partial charge in [0.25, 0.3) is 0 Å². The molecule has 3 rings (SSSR count). The number of amides is 1. The number of rotatable bonds is 6. The van der Waals surface area contributed by atoms with Gasteiger partial charge in [0, 0.05) is 0 Å². The van der Waals surface area contributed by atoms with Gasteiger partial charge in [0.1, 0.15) is 5.76 Å². The molecule has 0 spiro atoms. The summed E-state index contributed by atoms with van der Waals surface area (Å²) in [6.45, 7) is 4.66. The van der Waals surface area contributed by atoms with Crippen molar-refractivity contribution in [2.45, 2.75) is 38.5 Å². The van der Waals surface area contributed by atoms with Crippen LogP contribution in [0, 0.1) is 6.92 Å². The minimum Gasteiger partial charge on any atom is -0.463 e. The zero-order valence-electron chi connectivity index (χ0n) is 14.4. The van der Waals surface area contributed by atoms with E-state index < -0.39 is 0 Å². The SMILES string of the molecule is CCC[C@H]1S/C(=N\N=C/c2ccco2)N(Cc2ccccc2C)C1=O. The molecular weight excluding hydrogens is 334 g/mol. The largest absolute Gasteiger partial charge is 0.463 e. The van der Waals surface area contributed by atoms with Gasteiger partial charge in [0.15, 0.2) is 5.17 Å². The van der Waals surface area contributed by atoms with E-state index in [1.165, 1.54) is 11.8 Å². The van der Waals surface area contributed by atoms with E-state index in [1.54, 1.807) is 23.4 Å². The molecule has 130 valence electrons. The van der Waals surface area contributed by atoms with E-state index in [2.05, 4.69) is 30.1 Å². The molecule has 1 aliphatic rings. The van der Waals surface area contributed by atoms with Gasteiger partial charge in [0.2, 0.25) is 5.91 Å². The first-order valence-corrected chi connectivity index (χ1v) is 9.24.